The van der Waals surface area contributed by atoms with E-state index in [9.17, 15) is 0 Å². The van der Waals surface area contributed by atoms with E-state index in [1.807, 2.05) is 32.2 Å². The first-order valence-corrected chi connectivity index (χ1v) is 3.17. The molecule has 48 valence electrons. The van der Waals surface area contributed by atoms with E-state index in [0.717, 1.165) is 4.61 Å². The summed E-state index contributed by atoms with van der Waals surface area (Å²) in [4.78, 5) is 1.96. The van der Waals surface area contributed by atoms with Gasteiger partial charge in [0.15, 0.2) is 0 Å². The van der Waals surface area contributed by atoms with Gasteiger partial charge in [-0.3, -0.25) is 0 Å². The second-order valence-electron chi connectivity index (χ2n) is 1.69. The Morgan fingerprint density at radius 3 is 2.25 bits per heavy atom. The smallest absolute Gasteiger partial charge is 0.0938 e. The van der Waals surface area contributed by atoms with Crippen molar-refractivity contribution in [3.8, 4) is 0 Å². The Morgan fingerprint density at radius 1 is 1.62 bits per heavy atom. The quantitative estimate of drug-likeness (QED) is 0.635. The molecule has 1 N–H and O–H groups in total. The van der Waals surface area contributed by atoms with Crippen molar-refractivity contribution in [3.05, 3.63) is 10.8 Å². The maximum absolute atomic E-state index is 3.29. The summed E-state index contributed by atoms with van der Waals surface area (Å²) in [5, 5.41) is 2.93. The lowest BCUT2D eigenvalue weighted by Crippen LogP contribution is -2.07. The van der Waals surface area contributed by atoms with Crippen molar-refractivity contribution in [2.45, 2.75) is 0 Å². The van der Waals surface area contributed by atoms with Crippen LogP contribution in [0.1, 0.15) is 0 Å². The molecule has 0 unspecified atom stereocenters. The summed E-state index contributed by atoms with van der Waals surface area (Å²) in [5.74, 6) is 0. The molecule has 8 heavy (non-hydrogen) atoms. The van der Waals surface area contributed by atoms with Crippen molar-refractivity contribution < 1.29 is 0 Å². The van der Waals surface area contributed by atoms with E-state index in [1.165, 1.54) is 0 Å². The van der Waals surface area contributed by atoms with Crippen molar-refractivity contribution >= 4 is 15.9 Å². The fourth-order valence-corrected chi connectivity index (χ4v) is 0.701. The molecule has 0 rings (SSSR count). The van der Waals surface area contributed by atoms with Crippen LogP contribution in [0.5, 0.6) is 0 Å². The van der Waals surface area contributed by atoms with E-state index < -0.39 is 0 Å². The van der Waals surface area contributed by atoms with E-state index in [0.29, 0.717) is 0 Å². The van der Waals surface area contributed by atoms with E-state index in [-0.39, 0.29) is 0 Å². The Hall–Kier alpha value is -0.180. The summed E-state index contributed by atoms with van der Waals surface area (Å²) in [7, 11) is 5.81. The topological polar surface area (TPSA) is 15.3 Å². The van der Waals surface area contributed by atoms with Gasteiger partial charge in [-0.15, -0.1) is 0 Å². The predicted molar refractivity (Wildman–Crippen MR) is 39.8 cm³/mol. The first kappa shape index (κ1) is 7.82. The van der Waals surface area contributed by atoms with E-state index >= 15 is 0 Å². The summed E-state index contributed by atoms with van der Waals surface area (Å²) in [6.07, 6.45) is 1.94. The molecule has 0 atom stereocenters. The molecule has 0 aliphatic rings. The third-order valence-corrected chi connectivity index (χ3v) is 1.21. The van der Waals surface area contributed by atoms with Crippen LogP contribution in [0.2, 0.25) is 0 Å². The van der Waals surface area contributed by atoms with Crippen LogP contribution in [0.3, 0.4) is 0 Å². The molecule has 0 amide bonds. The SMILES string of the molecule is CN/C(Br)=C\N(C)C. The highest BCUT2D eigenvalue weighted by Crippen LogP contribution is 1.97. The van der Waals surface area contributed by atoms with Crippen LogP contribution in [0.25, 0.3) is 0 Å². The van der Waals surface area contributed by atoms with Crippen LogP contribution >= 0.6 is 15.9 Å². The molecule has 0 aromatic carbocycles. The molecule has 0 bridgehead atoms. The monoisotopic (exact) mass is 178 g/mol. The zero-order valence-electron chi connectivity index (χ0n) is 5.40. The van der Waals surface area contributed by atoms with Gasteiger partial charge in [0.2, 0.25) is 0 Å². The second kappa shape index (κ2) is 3.78. The van der Waals surface area contributed by atoms with Gasteiger partial charge < -0.3 is 10.2 Å². The van der Waals surface area contributed by atoms with Gasteiger partial charge in [-0.05, 0) is 15.9 Å². The molecule has 3 heteroatoms. The molecule has 0 heterocycles. The molecule has 0 aliphatic carbocycles. The molecule has 0 aromatic rings. The number of nitrogens with zero attached hydrogens (tertiary/aromatic N) is 1. The molecule has 0 saturated heterocycles. The zero-order valence-corrected chi connectivity index (χ0v) is 6.99. The minimum absolute atomic E-state index is 0.988. The number of hydrogen-bond acceptors (Lipinski definition) is 2. The molecule has 0 aliphatic heterocycles. The highest BCUT2D eigenvalue weighted by molar-refractivity contribution is 9.11. The summed E-state index contributed by atoms with van der Waals surface area (Å²) >= 11 is 3.29. The third-order valence-electron chi connectivity index (χ3n) is 0.610. The maximum Gasteiger partial charge on any atom is 0.0938 e. The van der Waals surface area contributed by atoms with E-state index in [2.05, 4.69) is 21.2 Å². The Kier molecular flexibility index (Phi) is 3.69. The Labute approximate surface area is 58.7 Å². The van der Waals surface area contributed by atoms with Gasteiger partial charge in [-0.2, -0.15) is 0 Å². The van der Waals surface area contributed by atoms with Crippen LogP contribution < -0.4 is 5.32 Å². The maximum atomic E-state index is 3.29. The number of rotatable bonds is 2. The largest absolute Gasteiger partial charge is 0.381 e. The summed E-state index contributed by atoms with van der Waals surface area (Å²) in [6, 6.07) is 0. The van der Waals surface area contributed by atoms with Crippen LogP contribution in [0, 0.1) is 0 Å². The summed E-state index contributed by atoms with van der Waals surface area (Å²) in [5.41, 5.74) is 0. The van der Waals surface area contributed by atoms with Crippen molar-refractivity contribution in [1.29, 1.82) is 0 Å². The molecule has 0 saturated carbocycles. The van der Waals surface area contributed by atoms with Crippen molar-refractivity contribution in [1.82, 2.24) is 10.2 Å². The lowest BCUT2D eigenvalue weighted by Gasteiger charge is -2.05. The molecule has 0 aromatic heterocycles. The Balaban J connectivity index is 3.56. The molecule has 2 nitrogen and oxygen atoms in total. The van der Waals surface area contributed by atoms with Gasteiger partial charge in [-0.1, -0.05) is 0 Å². The highest BCUT2D eigenvalue weighted by Gasteiger charge is 1.82. The number of hydrogen-bond donors (Lipinski definition) is 1. The number of nitrogens with one attached hydrogen (secondary N) is 1. The van der Waals surface area contributed by atoms with Gasteiger partial charge in [0.05, 0.1) is 4.61 Å². The van der Waals surface area contributed by atoms with E-state index in [4.69, 9.17) is 0 Å². The molecular formula is C5H11BrN2. The van der Waals surface area contributed by atoms with Crippen LogP contribution in [0.15, 0.2) is 10.8 Å². The average Bonchev–Trinajstić information content (AvgIpc) is 1.65. The van der Waals surface area contributed by atoms with Crippen LogP contribution in [-0.2, 0) is 0 Å². The van der Waals surface area contributed by atoms with Crippen LogP contribution in [0.4, 0.5) is 0 Å². The fraction of sp³-hybridized carbons (Fsp3) is 0.600. The minimum atomic E-state index is 0.988. The highest BCUT2D eigenvalue weighted by atomic mass is 79.9. The van der Waals surface area contributed by atoms with Crippen LogP contribution in [-0.4, -0.2) is 26.0 Å². The van der Waals surface area contributed by atoms with Gasteiger partial charge in [0.1, 0.15) is 0 Å². The summed E-state index contributed by atoms with van der Waals surface area (Å²) in [6.45, 7) is 0. The molecular weight excluding hydrogens is 168 g/mol. The third kappa shape index (κ3) is 3.99. The Morgan fingerprint density at radius 2 is 2.12 bits per heavy atom. The molecule has 0 radical (unpaired) electrons. The predicted octanol–water partition coefficient (Wildman–Crippen LogP) is 0.961. The van der Waals surface area contributed by atoms with Gasteiger partial charge >= 0.3 is 0 Å². The van der Waals surface area contributed by atoms with Gasteiger partial charge in [0, 0.05) is 27.3 Å². The average molecular weight is 179 g/mol. The standard InChI is InChI=1S/C5H11BrN2/c1-7-5(6)4-8(2)3/h4,7H,1-3H3/b5-4-. The van der Waals surface area contributed by atoms with Crippen molar-refractivity contribution in [2.75, 3.05) is 21.1 Å². The second-order valence-corrected chi connectivity index (χ2v) is 2.54. The molecule has 0 fully saturated rings. The number of halogens is 1. The lowest BCUT2D eigenvalue weighted by molar-refractivity contribution is 0.559. The lowest BCUT2D eigenvalue weighted by atomic mass is 10.8. The minimum Gasteiger partial charge on any atom is -0.381 e. The summed E-state index contributed by atoms with van der Waals surface area (Å²) < 4.78 is 0.988. The first-order chi connectivity index (χ1) is 3.66. The van der Waals surface area contributed by atoms with Gasteiger partial charge in [0.25, 0.3) is 0 Å². The van der Waals surface area contributed by atoms with Crippen molar-refractivity contribution in [3.63, 3.8) is 0 Å². The van der Waals surface area contributed by atoms with Gasteiger partial charge in [-0.25, -0.2) is 0 Å². The normalized spacial score (nSPS) is 11.2. The molecule has 0 spiro atoms. The first-order valence-electron chi connectivity index (χ1n) is 2.38. The fourth-order valence-electron chi connectivity index (χ4n) is 0.291. The Bertz CT molecular complexity index is 88.4. The van der Waals surface area contributed by atoms with E-state index in [1.54, 1.807) is 0 Å². The van der Waals surface area contributed by atoms with Crippen molar-refractivity contribution in [2.24, 2.45) is 0 Å². The zero-order chi connectivity index (χ0) is 6.57.